The topological polar surface area (TPSA) is 55.8 Å². The summed E-state index contributed by atoms with van der Waals surface area (Å²) in [7, 11) is 1.20. The van der Waals surface area contributed by atoms with Gasteiger partial charge in [0.1, 0.15) is 11.8 Å². The Kier molecular flexibility index (Phi) is 3.93. The Morgan fingerprint density at radius 3 is 2.45 bits per heavy atom. The minimum absolute atomic E-state index is 0.260. The largest absolute Gasteiger partial charge is 0.467 e. The number of hydrogen-bond donors (Lipinski definition) is 0. The van der Waals surface area contributed by atoms with Crippen LogP contribution in [-0.4, -0.2) is 47.9 Å². The molecular weight excluding hydrogens is 265 g/mol. The molecule has 20 heavy (non-hydrogen) atoms. The smallest absolute Gasteiger partial charge is 0.411 e. The highest BCUT2D eigenvalue weighted by molar-refractivity contribution is 5.83. The first-order valence-electron chi connectivity index (χ1n) is 6.99. The van der Waals surface area contributed by atoms with Crippen LogP contribution in [0.3, 0.4) is 0 Å². The summed E-state index contributed by atoms with van der Waals surface area (Å²) in [4.78, 5) is 25.4. The van der Waals surface area contributed by atoms with Gasteiger partial charge >= 0.3 is 12.1 Å². The first-order valence-corrected chi connectivity index (χ1v) is 6.99. The SMILES string of the molecule is COC(=O)[C@@H]1[C@H](F)[C@H]2CCC[C@H]2N1C(=O)OC(C)(C)C. The molecule has 0 aromatic carbocycles. The van der Waals surface area contributed by atoms with E-state index in [0.29, 0.717) is 12.8 Å². The Morgan fingerprint density at radius 1 is 1.25 bits per heavy atom. The van der Waals surface area contributed by atoms with Crippen molar-refractivity contribution in [3.05, 3.63) is 0 Å². The van der Waals surface area contributed by atoms with Crippen molar-refractivity contribution in [1.29, 1.82) is 0 Å². The molecule has 1 heterocycles. The molecular formula is C14H22FNO4. The van der Waals surface area contributed by atoms with Crippen molar-refractivity contribution < 1.29 is 23.5 Å². The molecule has 1 aliphatic carbocycles. The zero-order valence-electron chi connectivity index (χ0n) is 12.4. The zero-order valence-corrected chi connectivity index (χ0v) is 12.4. The molecule has 6 heteroatoms. The van der Waals surface area contributed by atoms with Gasteiger partial charge in [-0.15, -0.1) is 0 Å². The summed E-state index contributed by atoms with van der Waals surface area (Å²) in [5.41, 5.74) is -0.680. The molecule has 2 rings (SSSR count). The van der Waals surface area contributed by atoms with Crippen molar-refractivity contribution in [2.75, 3.05) is 7.11 Å². The summed E-state index contributed by atoms with van der Waals surface area (Å²) in [5, 5.41) is 0. The monoisotopic (exact) mass is 287 g/mol. The highest BCUT2D eigenvalue weighted by Crippen LogP contribution is 2.43. The van der Waals surface area contributed by atoms with Gasteiger partial charge in [-0.2, -0.15) is 0 Å². The molecule has 1 aliphatic heterocycles. The summed E-state index contributed by atoms with van der Waals surface area (Å²) >= 11 is 0. The molecule has 2 aliphatic rings. The molecule has 0 aromatic heterocycles. The van der Waals surface area contributed by atoms with Crippen LogP contribution in [0, 0.1) is 5.92 Å². The number of halogens is 1. The molecule has 2 fully saturated rings. The van der Waals surface area contributed by atoms with Gasteiger partial charge in [-0.05, 0) is 33.6 Å². The molecule has 4 atom stereocenters. The predicted octanol–water partition coefficient (Wildman–Crippen LogP) is 2.29. The van der Waals surface area contributed by atoms with Crippen LogP contribution in [-0.2, 0) is 14.3 Å². The van der Waals surface area contributed by atoms with E-state index < -0.39 is 29.9 Å². The molecule has 0 aromatic rings. The molecule has 0 N–H and O–H groups in total. The second kappa shape index (κ2) is 5.22. The number of esters is 1. The standard InChI is InChI=1S/C14H22FNO4/c1-14(2,3)20-13(18)16-9-7-5-6-8(9)10(15)11(16)12(17)19-4/h8-11H,5-7H2,1-4H3/t8-,9+,10+,11-/m0/s1. The third-order valence-electron chi connectivity index (χ3n) is 3.95. The van der Waals surface area contributed by atoms with Crippen molar-refractivity contribution in [3.63, 3.8) is 0 Å². The number of carbonyl (C=O) groups excluding carboxylic acids is 2. The summed E-state index contributed by atoms with van der Waals surface area (Å²) in [5.74, 6) is -0.996. The normalized spacial score (nSPS) is 33.0. The Hall–Kier alpha value is -1.33. The number of nitrogens with zero attached hydrogens (tertiary/aromatic N) is 1. The molecule has 0 bridgehead atoms. The van der Waals surface area contributed by atoms with E-state index in [9.17, 15) is 14.0 Å². The molecule has 1 saturated carbocycles. The Labute approximate surface area is 118 Å². The fourth-order valence-electron chi connectivity index (χ4n) is 3.21. The van der Waals surface area contributed by atoms with E-state index in [1.807, 2.05) is 0 Å². The van der Waals surface area contributed by atoms with Crippen molar-refractivity contribution in [2.45, 2.75) is 63.9 Å². The van der Waals surface area contributed by atoms with Gasteiger partial charge in [0.05, 0.1) is 7.11 Å². The van der Waals surface area contributed by atoms with E-state index in [1.54, 1.807) is 20.8 Å². The minimum Gasteiger partial charge on any atom is -0.467 e. The van der Waals surface area contributed by atoms with E-state index in [-0.39, 0.29) is 12.0 Å². The van der Waals surface area contributed by atoms with Crippen molar-refractivity contribution >= 4 is 12.1 Å². The number of alkyl halides is 1. The highest BCUT2D eigenvalue weighted by Gasteiger charge is 2.57. The van der Waals surface area contributed by atoms with Crippen LogP contribution in [0.2, 0.25) is 0 Å². The van der Waals surface area contributed by atoms with Gasteiger partial charge in [-0.3, -0.25) is 4.90 Å². The van der Waals surface area contributed by atoms with Crippen LogP contribution < -0.4 is 0 Å². The summed E-state index contributed by atoms with van der Waals surface area (Å²) < 4.78 is 24.4. The average molecular weight is 287 g/mol. The van der Waals surface area contributed by atoms with Gasteiger partial charge in [-0.1, -0.05) is 6.42 Å². The van der Waals surface area contributed by atoms with Crippen LogP contribution in [0.25, 0.3) is 0 Å². The lowest BCUT2D eigenvalue weighted by Crippen LogP contribution is -2.49. The van der Waals surface area contributed by atoms with Gasteiger partial charge in [0.25, 0.3) is 0 Å². The number of rotatable bonds is 1. The van der Waals surface area contributed by atoms with Crippen LogP contribution >= 0.6 is 0 Å². The zero-order chi connectivity index (χ0) is 15.1. The summed E-state index contributed by atoms with van der Waals surface area (Å²) in [6, 6.07) is -1.44. The van der Waals surface area contributed by atoms with Crippen molar-refractivity contribution in [1.82, 2.24) is 4.90 Å². The van der Waals surface area contributed by atoms with E-state index >= 15 is 0 Å². The number of fused-ring (bicyclic) bond motifs is 1. The number of hydrogen-bond acceptors (Lipinski definition) is 4. The van der Waals surface area contributed by atoms with Crippen molar-refractivity contribution in [3.8, 4) is 0 Å². The maximum Gasteiger partial charge on any atom is 0.411 e. The number of amides is 1. The Morgan fingerprint density at radius 2 is 1.90 bits per heavy atom. The van der Waals surface area contributed by atoms with Crippen LogP contribution in [0.15, 0.2) is 0 Å². The lowest BCUT2D eigenvalue weighted by atomic mass is 10.00. The highest BCUT2D eigenvalue weighted by atomic mass is 19.1. The van der Waals surface area contributed by atoms with E-state index in [4.69, 9.17) is 4.74 Å². The molecule has 5 nitrogen and oxygen atoms in total. The first-order chi connectivity index (χ1) is 9.26. The minimum atomic E-state index is -1.37. The Balaban J connectivity index is 2.25. The van der Waals surface area contributed by atoms with E-state index in [0.717, 1.165) is 6.42 Å². The molecule has 114 valence electrons. The fourth-order valence-corrected chi connectivity index (χ4v) is 3.21. The van der Waals surface area contributed by atoms with Crippen molar-refractivity contribution in [2.24, 2.45) is 5.92 Å². The lowest BCUT2D eigenvalue weighted by Gasteiger charge is -2.30. The van der Waals surface area contributed by atoms with Gasteiger partial charge in [0, 0.05) is 12.0 Å². The number of ether oxygens (including phenoxy) is 2. The van der Waals surface area contributed by atoms with E-state index in [2.05, 4.69) is 4.74 Å². The van der Waals surface area contributed by atoms with Gasteiger partial charge in [0.2, 0.25) is 0 Å². The first kappa shape index (κ1) is 15.1. The van der Waals surface area contributed by atoms with Gasteiger partial charge in [0.15, 0.2) is 6.04 Å². The van der Waals surface area contributed by atoms with Crippen LogP contribution in [0.4, 0.5) is 9.18 Å². The van der Waals surface area contributed by atoms with Crippen LogP contribution in [0.1, 0.15) is 40.0 Å². The second-order valence-electron chi connectivity index (χ2n) is 6.46. The molecule has 1 saturated heterocycles. The maximum absolute atomic E-state index is 14.5. The molecule has 0 unspecified atom stereocenters. The third kappa shape index (κ3) is 2.60. The van der Waals surface area contributed by atoms with Crippen LogP contribution in [0.5, 0.6) is 0 Å². The number of likely N-dealkylation sites (tertiary alicyclic amines) is 1. The predicted molar refractivity (Wildman–Crippen MR) is 69.9 cm³/mol. The molecule has 1 amide bonds. The van der Waals surface area contributed by atoms with Gasteiger partial charge < -0.3 is 9.47 Å². The quantitative estimate of drug-likeness (QED) is 0.694. The number of methoxy groups -OCH3 is 1. The lowest BCUT2D eigenvalue weighted by molar-refractivity contribution is -0.148. The molecule has 0 spiro atoms. The number of carbonyl (C=O) groups is 2. The fraction of sp³-hybridized carbons (Fsp3) is 0.857. The maximum atomic E-state index is 14.5. The third-order valence-corrected chi connectivity index (χ3v) is 3.95. The molecule has 0 radical (unpaired) electrons. The summed E-state index contributed by atoms with van der Waals surface area (Å²) in [6.07, 6.45) is 0.256. The van der Waals surface area contributed by atoms with E-state index in [1.165, 1.54) is 12.0 Å². The second-order valence-corrected chi connectivity index (χ2v) is 6.46. The average Bonchev–Trinajstić information content (AvgIpc) is 2.88. The summed E-state index contributed by atoms with van der Waals surface area (Å²) in [6.45, 7) is 5.23. The Bertz CT molecular complexity index is 406. The van der Waals surface area contributed by atoms with Gasteiger partial charge in [-0.25, -0.2) is 14.0 Å².